The van der Waals surface area contributed by atoms with Gasteiger partial charge in [0.15, 0.2) is 0 Å². The van der Waals surface area contributed by atoms with Crippen LogP contribution in [0.2, 0.25) is 0 Å². The fraction of sp³-hybridized carbons (Fsp3) is 0.385. The lowest BCUT2D eigenvalue weighted by Gasteiger charge is -2.01. The maximum Gasteiger partial charge on any atom is 0.268 e. The van der Waals surface area contributed by atoms with E-state index in [2.05, 4.69) is 133 Å². The zero-order chi connectivity index (χ0) is 34.1. The molecule has 240 valence electrons. The van der Waals surface area contributed by atoms with Gasteiger partial charge in [-0.2, -0.15) is 8.78 Å². The summed E-state index contributed by atoms with van der Waals surface area (Å²) in [6.45, 7) is 29.0. The number of hydrogen-bond donors (Lipinski definition) is 0. The van der Waals surface area contributed by atoms with Crippen molar-refractivity contribution in [3.63, 3.8) is 0 Å². The molecule has 1 nitrogen and oxygen atoms in total. The van der Waals surface area contributed by atoms with Crippen LogP contribution in [-0.4, -0.2) is 4.57 Å². The first kappa shape index (κ1) is 43.9. The predicted molar refractivity (Wildman–Crippen MR) is 192 cm³/mol. The highest BCUT2D eigenvalue weighted by Gasteiger charge is 2.07. The maximum atomic E-state index is 11.0. The van der Waals surface area contributed by atoms with Gasteiger partial charge < -0.3 is 4.57 Å². The summed E-state index contributed by atoms with van der Waals surface area (Å²) in [5.41, 5.74) is 8.79. The van der Waals surface area contributed by atoms with E-state index in [1.807, 2.05) is 20.8 Å². The molecule has 4 heteroatoms. The van der Waals surface area contributed by atoms with E-state index in [-0.39, 0.29) is 5.57 Å². The van der Waals surface area contributed by atoms with Gasteiger partial charge in [0, 0.05) is 17.0 Å². The quantitative estimate of drug-likeness (QED) is 0.246. The molecule has 0 saturated carbocycles. The zero-order valence-electron chi connectivity index (χ0n) is 29.6. The number of fused-ring (bicyclic) bond motifs is 3. The van der Waals surface area contributed by atoms with Crippen LogP contribution in [0.1, 0.15) is 104 Å². The van der Waals surface area contributed by atoms with Crippen molar-refractivity contribution in [2.45, 2.75) is 104 Å². The summed E-state index contributed by atoms with van der Waals surface area (Å²) in [5, 5.41) is 2.64. The second-order valence-electron chi connectivity index (χ2n) is 11.2. The van der Waals surface area contributed by atoms with E-state index in [1.54, 1.807) is 13.8 Å². The Labute approximate surface area is 261 Å². The Morgan fingerprint density at radius 1 is 0.512 bits per heavy atom. The molecule has 0 saturated heterocycles. The third kappa shape index (κ3) is 23.7. The predicted octanol–water partition coefficient (Wildman–Crippen LogP) is 14.6. The minimum absolute atomic E-state index is 0.0926. The molecular formula is C39H58F3N. The first-order chi connectivity index (χ1) is 20.0. The molecule has 3 rings (SSSR count). The largest absolute Gasteiger partial charge is 0.316 e. The van der Waals surface area contributed by atoms with Crippen molar-refractivity contribution in [1.29, 1.82) is 0 Å². The highest BCUT2D eigenvalue weighted by Crippen LogP contribution is 2.29. The third-order valence-electron chi connectivity index (χ3n) is 5.33. The fourth-order valence-corrected chi connectivity index (χ4v) is 2.35. The van der Waals surface area contributed by atoms with Crippen LogP contribution in [0.4, 0.5) is 13.2 Å². The van der Waals surface area contributed by atoms with Gasteiger partial charge in [-0.3, -0.25) is 0 Å². The van der Waals surface area contributed by atoms with Gasteiger partial charge in [-0.15, -0.1) is 0 Å². The fourth-order valence-electron chi connectivity index (χ4n) is 2.35. The van der Waals surface area contributed by atoms with Gasteiger partial charge in [-0.05, 0) is 127 Å². The highest BCUT2D eigenvalue weighted by molar-refractivity contribution is 6.09. The Kier molecular flexibility index (Phi) is 26.7. The lowest BCUT2D eigenvalue weighted by Crippen LogP contribution is -1.86. The van der Waals surface area contributed by atoms with Crippen molar-refractivity contribution in [1.82, 2.24) is 4.57 Å². The first-order valence-electron chi connectivity index (χ1n) is 14.6. The normalized spacial score (nSPS) is 8.70. The number of allylic oxidation sites excluding steroid dienone is 9. The molecule has 0 atom stereocenters. The number of para-hydroxylation sites is 2. The van der Waals surface area contributed by atoms with Gasteiger partial charge in [-0.1, -0.05) is 76.9 Å². The van der Waals surface area contributed by atoms with E-state index >= 15 is 0 Å². The van der Waals surface area contributed by atoms with Crippen molar-refractivity contribution in [2.75, 3.05) is 0 Å². The van der Waals surface area contributed by atoms with Crippen molar-refractivity contribution in [3.8, 4) is 0 Å². The Hall–Kier alpha value is -3.53. The molecule has 0 aliphatic carbocycles. The number of benzene rings is 2. The summed E-state index contributed by atoms with van der Waals surface area (Å²) in [6.07, 6.45) is 7.46. The summed E-state index contributed by atoms with van der Waals surface area (Å²) in [7, 11) is 0. The Bertz CT molecular complexity index is 1220. The lowest BCUT2D eigenvalue weighted by molar-refractivity contribution is 0.412. The van der Waals surface area contributed by atoms with Crippen LogP contribution in [0.5, 0.6) is 0 Å². The van der Waals surface area contributed by atoms with Crippen LogP contribution >= 0.6 is 0 Å². The molecule has 0 aliphatic rings. The molecule has 0 aliphatic heterocycles. The van der Waals surface area contributed by atoms with Crippen LogP contribution in [0.3, 0.4) is 0 Å². The first-order valence-corrected chi connectivity index (χ1v) is 14.6. The average molecular weight is 598 g/mol. The van der Waals surface area contributed by atoms with E-state index < -0.39 is 6.08 Å². The molecule has 0 radical (unpaired) electrons. The minimum atomic E-state index is -1.57. The van der Waals surface area contributed by atoms with Crippen molar-refractivity contribution in [3.05, 3.63) is 113 Å². The molecule has 1 heterocycles. The smallest absolute Gasteiger partial charge is 0.268 e. The molecule has 2 aromatic carbocycles. The zero-order valence-corrected chi connectivity index (χ0v) is 29.6. The standard InChI is InChI=1S/C16H15N.3C5H10.C4H6F2.C4H7F/c1-12(2)11-17-15-9-5-3-7-13(15)14-8-4-6-10-16(14)17;3*1-4-5(2)3;1-3(2)4(5)6;1-4(2)3-5/h3-11H,1-2H3;3*4H,1-3H3;1-2H3;3H,1-2H3. The lowest BCUT2D eigenvalue weighted by atomic mass is 10.2. The molecule has 0 amide bonds. The van der Waals surface area contributed by atoms with E-state index in [0.29, 0.717) is 11.9 Å². The number of halogens is 3. The number of aromatic nitrogens is 1. The average Bonchev–Trinajstić information content (AvgIpc) is 3.27. The second kappa shape index (κ2) is 26.1. The monoisotopic (exact) mass is 597 g/mol. The highest BCUT2D eigenvalue weighted by atomic mass is 19.3. The number of nitrogens with zero attached hydrogens (tertiary/aromatic N) is 1. The second-order valence-corrected chi connectivity index (χ2v) is 11.2. The van der Waals surface area contributed by atoms with Gasteiger partial charge in [0.1, 0.15) is 0 Å². The number of hydrogen-bond acceptors (Lipinski definition) is 0. The van der Waals surface area contributed by atoms with Gasteiger partial charge in [0.2, 0.25) is 0 Å². The minimum Gasteiger partial charge on any atom is -0.316 e. The summed E-state index contributed by atoms with van der Waals surface area (Å²) >= 11 is 0. The SMILES string of the molecule is CC(C)=C(F)F.CC(C)=CF.CC(C)=Cn1c2ccccc2c2ccccc21.CC=C(C)C.CC=C(C)C.CC=C(C)C. The maximum absolute atomic E-state index is 11.0. The van der Waals surface area contributed by atoms with Crippen LogP contribution in [0, 0.1) is 0 Å². The van der Waals surface area contributed by atoms with E-state index in [4.69, 9.17) is 0 Å². The molecule has 0 unspecified atom stereocenters. The Morgan fingerprint density at radius 3 is 0.953 bits per heavy atom. The topological polar surface area (TPSA) is 4.93 Å². The van der Waals surface area contributed by atoms with Crippen molar-refractivity contribution in [2.24, 2.45) is 0 Å². The van der Waals surface area contributed by atoms with Crippen molar-refractivity contribution < 1.29 is 13.2 Å². The molecule has 0 fully saturated rings. The molecule has 3 aromatic rings. The third-order valence-corrected chi connectivity index (χ3v) is 5.33. The van der Waals surface area contributed by atoms with Gasteiger partial charge in [-0.25, -0.2) is 4.39 Å². The molecule has 0 spiro atoms. The number of rotatable bonds is 1. The summed E-state index contributed by atoms with van der Waals surface area (Å²) in [6, 6.07) is 17.1. The molecular weight excluding hydrogens is 539 g/mol. The van der Waals surface area contributed by atoms with Crippen LogP contribution < -0.4 is 0 Å². The molecule has 0 bridgehead atoms. The van der Waals surface area contributed by atoms with Crippen LogP contribution in [-0.2, 0) is 0 Å². The van der Waals surface area contributed by atoms with Gasteiger partial charge >= 0.3 is 0 Å². The Morgan fingerprint density at radius 2 is 0.767 bits per heavy atom. The van der Waals surface area contributed by atoms with E-state index in [0.717, 1.165) is 0 Å². The van der Waals surface area contributed by atoms with Gasteiger partial charge in [0.05, 0.1) is 17.4 Å². The Balaban J connectivity index is -0.000000515. The van der Waals surface area contributed by atoms with E-state index in [9.17, 15) is 13.2 Å². The molecule has 0 N–H and O–H groups in total. The molecule has 1 aromatic heterocycles. The summed E-state index contributed by atoms with van der Waals surface area (Å²) in [5.74, 6) is 0. The van der Waals surface area contributed by atoms with Gasteiger partial charge in [0.25, 0.3) is 6.08 Å². The summed E-state index contributed by atoms with van der Waals surface area (Å²) < 4.78 is 35.3. The van der Waals surface area contributed by atoms with Crippen LogP contribution in [0.15, 0.2) is 113 Å². The van der Waals surface area contributed by atoms with Crippen LogP contribution in [0.25, 0.3) is 28.0 Å². The van der Waals surface area contributed by atoms with Crippen molar-refractivity contribution >= 4 is 28.0 Å². The summed E-state index contributed by atoms with van der Waals surface area (Å²) in [4.78, 5) is 0. The van der Waals surface area contributed by atoms with E-state index in [1.165, 1.54) is 57.9 Å². The molecule has 43 heavy (non-hydrogen) atoms.